The minimum Gasteiger partial charge on any atom is -0.457 e. The van der Waals surface area contributed by atoms with E-state index in [-0.39, 0.29) is 29.3 Å². The molecule has 0 radical (unpaired) electrons. The molecule has 0 bridgehead atoms. The fraction of sp³-hybridized carbons (Fsp3) is 0.900. The second kappa shape index (κ2) is 5.95. The Morgan fingerprint density at radius 1 is 1.19 bits per heavy atom. The molecule has 94 valence electrons. The zero-order valence-electron chi connectivity index (χ0n) is 9.81. The second-order valence-corrected chi connectivity index (χ2v) is 4.57. The van der Waals surface area contributed by atoms with Gasteiger partial charge in [-0.1, -0.05) is 15.9 Å². The topological polar surface area (TPSA) is 54.0 Å². The Morgan fingerprint density at radius 3 is 2.19 bits per heavy atom. The highest BCUT2D eigenvalue weighted by Gasteiger charge is 2.45. The van der Waals surface area contributed by atoms with Gasteiger partial charge >= 0.3 is 5.97 Å². The van der Waals surface area contributed by atoms with Crippen LogP contribution in [0.25, 0.3) is 0 Å². The fourth-order valence-electron chi connectivity index (χ4n) is 1.83. The van der Waals surface area contributed by atoms with E-state index in [1.54, 1.807) is 14.2 Å². The summed E-state index contributed by atoms with van der Waals surface area (Å²) in [6.07, 6.45) is -1.36. The van der Waals surface area contributed by atoms with E-state index in [1.807, 2.05) is 6.92 Å². The molecule has 0 saturated carbocycles. The van der Waals surface area contributed by atoms with E-state index in [4.69, 9.17) is 18.9 Å². The van der Waals surface area contributed by atoms with Gasteiger partial charge in [0.05, 0.1) is 6.10 Å². The number of hydrogen-bond acceptors (Lipinski definition) is 5. The smallest absolute Gasteiger partial charge is 0.303 e. The van der Waals surface area contributed by atoms with Crippen LogP contribution in [0.3, 0.4) is 0 Å². The van der Waals surface area contributed by atoms with Crippen LogP contribution in [0.15, 0.2) is 0 Å². The number of hydrogen-bond donors (Lipinski definition) is 0. The van der Waals surface area contributed by atoms with Crippen molar-refractivity contribution in [3.8, 4) is 0 Å². The van der Waals surface area contributed by atoms with Gasteiger partial charge in [0.25, 0.3) is 0 Å². The summed E-state index contributed by atoms with van der Waals surface area (Å²) in [7, 11) is 3.13. The molecule has 0 N–H and O–H groups in total. The van der Waals surface area contributed by atoms with E-state index in [9.17, 15) is 4.79 Å². The van der Waals surface area contributed by atoms with Gasteiger partial charge < -0.3 is 18.9 Å². The highest BCUT2D eigenvalue weighted by atomic mass is 79.9. The Morgan fingerprint density at radius 2 is 1.75 bits per heavy atom. The highest BCUT2D eigenvalue weighted by molar-refractivity contribution is 9.09. The molecule has 1 saturated heterocycles. The summed E-state index contributed by atoms with van der Waals surface area (Å²) in [4.78, 5) is 11.0. The number of ether oxygens (including phenoxy) is 4. The van der Waals surface area contributed by atoms with Crippen molar-refractivity contribution in [3.63, 3.8) is 0 Å². The molecule has 1 aliphatic rings. The first kappa shape index (κ1) is 13.9. The molecular weight excluding hydrogens is 280 g/mol. The van der Waals surface area contributed by atoms with Gasteiger partial charge in [0.15, 0.2) is 6.10 Å². The van der Waals surface area contributed by atoms with E-state index in [2.05, 4.69) is 15.9 Å². The Hall–Kier alpha value is -0.170. The van der Waals surface area contributed by atoms with Crippen molar-refractivity contribution in [2.24, 2.45) is 0 Å². The standard InChI is InChI=1S/C10H17BrO5/c1-5-7(16-6(2)12)8(13-3)9(14-4)10(11)15-5/h5,7-10H,1-4H3/t5-,7-,8-,9-,10?/m1/s1. The first-order valence-corrected chi connectivity index (χ1v) is 5.95. The molecule has 6 heteroatoms. The molecule has 1 unspecified atom stereocenters. The quantitative estimate of drug-likeness (QED) is 0.576. The van der Waals surface area contributed by atoms with Gasteiger partial charge in [0.2, 0.25) is 0 Å². The van der Waals surface area contributed by atoms with Crippen LogP contribution in [0, 0.1) is 0 Å². The van der Waals surface area contributed by atoms with Gasteiger partial charge in [-0.15, -0.1) is 0 Å². The van der Waals surface area contributed by atoms with Gasteiger partial charge in [0, 0.05) is 21.1 Å². The molecule has 0 aromatic heterocycles. The Bertz CT molecular complexity index is 247. The summed E-state index contributed by atoms with van der Waals surface area (Å²) in [5.74, 6) is -0.356. The number of rotatable bonds is 3. The van der Waals surface area contributed by atoms with Crippen LogP contribution in [-0.2, 0) is 23.7 Å². The highest BCUT2D eigenvalue weighted by Crippen LogP contribution is 2.29. The second-order valence-electron chi connectivity index (χ2n) is 3.67. The van der Waals surface area contributed by atoms with Crippen LogP contribution >= 0.6 is 15.9 Å². The van der Waals surface area contributed by atoms with Crippen LogP contribution in [0.1, 0.15) is 13.8 Å². The summed E-state index contributed by atoms with van der Waals surface area (Å²) in [5, 5.41) is -0.274. The molecule has 0 amide bonds. The molecule has 0 aromatic rings. The van der Waals surface area contributed by atoms with Gasteiger partial charge in [0.1, 0.15) is 17.2 Å². The van der Waals surface area contributed by atoms with E-state index < -0.39 is 6.10 Å². The summed E-state index contributed by atoms with van der Waals surface area (Å²) in [6.45, 7) is 3.20. The van der Waals surface area contributed by atoms with Crippen LogP contribution < -0.4 is 0 Å². The fourth-order valence-corrected chi connectivity index (χ4v) is 2.68. The molecule has 0 spiro atoms. The first-order chi connectivity index (χ1) is 7.51. The molecule has 1 fully saturated rings. The van der Waals surface area contributed by atoms with Crippen LogP contribution in [0.4, 0.5) is 0 Å². The van der Waals surface area contributed by atoms with Crippen molar-refractivity contribution < 1.29 is 23.7 Å². The summed E-state index contributed by atoms with van der Waals surface area (Å²) in [6, 6.07) is 0. The third kappa shape index (κ3) is 2.94. The normalized spacial score (nSPS) is 39.4. The predicted octanol–water partition coefficient (Wildman–Crippen LogP) is 1.09. The summed E-state index contributed by atoms with van der Waals surface area (Å²) >= 11 is 3.36. The number of esters is 1. The number of alkyl halides is 1. The van der Waals surface area contributed by atoms with E-state index in [0.29, 0.717) is 0 Å². The van der Waals surface area contributed by atoms with Crippen molar-refractivity contribution in [2.45, 2.75) is 43.3 Å². The third-order valence-corrected chi connectivity index (χ3v) is 3.30. The molecule has 0 aliphatic carbocycles. The lowest BCUT2D eigenvalue weighted by Crippen LogP contribution is -2.57. The maximum atomic E-state index is 11.0. The number of methoxy groups -OCH3 is 2. The summed E-state index contributed by atoms with van der Waals surface area (Å²) in [5.41, 5.74) is 0. The Labute approximate surface area is 104 Å². The average molecular weight is 297 g/mol. The van der Waals surface area contributed by atoms with E-state index >= 15 is 0 Å². The zero-order valence-corrected chi connectivity index (χ0v) is 11.4. The molecule has 1 aliphatic heterocycles. The Balaban J connectivity index is 2.82. The van der Waals surface area contributed by atoms with Crippen LogP contribution in [0.2, 0.25) is 0 Å². The van der Waals surface area contributed by atoms with E-state index in [1.165, 1.54) is 6.92 Å². The van der Waals surface area contributed by atoms with Crippen molar-refractivity contribution >= 4 is 21.9 Å². The van der Waals surface area contributed by atoms with Crippen LogP contribution in [0.5, 0.6) is 0 Å². The predicted molar refractivity (Wildman–Crippen MR) is 60.4 cm³/mol. The van der Waals surface area contributed by atoms with Gasteiger partial charge in [-0.05, 0) is 6.92 Å². The minimum atomic E-state index is -0.457. The SMILES string of the molecule is CO[C@@H]1[C@H](OC(C)=O)[C@@H](C)OC(Br)[C@@H]1OC. The third-order valence-electron chi connectivity index (χ3n) is 2.56. The molecule has 1 heterocycles. The van der Waals surface area contributed by atoms with Crippen molar-refractivity contribution in [2.75, 3.05) is 14.2 Å². The minimum absolute atomic E-state index is 0.246. The molecule has 5 atom stereocenters. The number of halogens is 1. The summed E-state index contributed by atoms with van der Waals surface area (Å²) < 4.78 is 21.4. The number of carbonyl (C=O) groups excluding carboxylic acids is 1. The van der Waals surface area contributed by atoms with Crippen molar-refractivity contribution in [1.82, 2.24) is 0 Å². The van der Waals surface area contributed by atoms with Crippen molar-refractivity contribution in [1.29, 1.82) is 0 Å². The maximum absolute atomic E-state index is 11.0. The molecule has 5 nitrogen and oxygen atoms in total. The lowest BCUT2D eigenvalue weighted by Gasteiger charge is -2.42. The lowest BCUT2D eigenvalue weighted by atomic mass is 10.0. The monoisotopic (exact) mass is 296 g/mol. The zero-order chi connectivity index (χ0) is 12.3. The molecular formula is C10H17BrO5. The largest absolute Gasteiger partial charge is 0.457 e. The van der Waals surface area contributed by atoms with Gasteiger partial charge in [-0.25, -0.2) is 0 Å². The van der Waals surface area contributed by atoms with Crippen LogP contribution in [-0.4, -0.2) is 49.6 Å². The Kier molecular flexibility index (Phi) is 5.17. The molecule has 16 heavy (non-hydrogen) atoms. The van der Waals surface area contributed by atoms with Gasteiger partial charge in [-0.3, -0.25) is 4.79 Å². The molecule has 1 rings (SSSR count). The van der Waals surface area contributed by atoms with Gasteiger partial charge in [-0.2, -0.15) is 0 Å². The average Bonchev–Trinajstić information content (AvgIpc) is 2.20. The number of carbonyl (C=O) groups is 1. The lowest BCUT2D eigenvalue weighted by molar-refractivity contribution is -0.220. The van der Waals surface area contributed by atoms with Crippen molar-refractivity contribution in [3.05, 3.63) is 0 Å². The maximum Gasteiger partial charge on any atom is 0.303 e. The molecule has 0 aromatic carbocycles. The van der Waals surface area contributed by atoms with E-state index in [0.717, 1.165) is 0 Å². The first-order valence-electron chi connectivity index (χ1n) is 5.03.